The van der Waals surface area contributed by atoms with Gasteiger partial charge in [0.15, 0.2) is 12.4 Å². The fraction of sp³-hybridized carbons (Fsp3) is 0.353. The molecule has 1 aromatic carbocycles. The van der Waals surface area contributed by atoms with Crippen molar-refractivity contribution in [3.05, 3.63) is 35.4 Å². The largest absolute Gasteiger partial charge is 0.480 e. The predicted molar refractivity (Wildman–Crippen MR) is 96.4 cm³/mol. The first-order valence-corrected chi connectivity index (χ1v) is 8.70. The summed E-state index contributed by atoms with van der Waals surface area (Å²) in [4.78, 5) is 28.3. The number of nitrogens with zero attached hydrogens (tertiary/aromatic N) is 2. The molecule has 1 atom stereocenters. The van der Waals surface area contributed by atoms with Gasteiger partial charge in [0.25, 0.3) is 5.91 Å². The molecule has 0 bridgehead atoms. The second-order valence-corrected chi connectivity index (χ2v) is 6.89. The van der Waals surface area contributed by atoms with Crippen molar-refractivity contribution in [2.24, 2.45) is 13.0 Å². The zero-order valence-electron chi connectivity index (χ0n) is 14.1. The van der Waals surface area contributed by atoms with Gasteiger partial charge in [-0.25, -0.2) is 9.78 Å². The van der Waals surface area contributed by atoms with Crippen LogP contribution in [-0.2, 0) is 11.8 Å². The van der Waals surface area contributed by atoms with Crippen LogP contribution in [0.5, 0.6) is 5.75 Å². The number of aromatic nitrogens is 2. The number of urea groups is 1. The number of amides is 3. The fourth-order valence-corrected chi connectivity index (χ4v) is 3.31. The SMILES string of the molecule is Cn1ccnc1[C@H](NC(=O)Nc1cc(Cl)c2c(c1)NC(=O)CO2)C1CC1. The number of fused-ring (bicyclic) bond motifs is 1. The molecule has 3 amide bonds. The van der Waals surface area contributed by atoms with Crippen molar-refractivity contribution in [2.75, 3.05) is 17.2 Å². The number of rotatable bonds is 4. The van der Waals surface area contributed by atoms with E-state index in [0.29, 0.717) is 28.1 Å². The van der Waals surface area contributed by atoms with E-state index in [1.54, 1.807) is 18.3 Å². The maximum atomic E-state index is 12.5. The fourth-order valence-electron chi connectivity index (χ4n) is 3.04. The monoisotopic (exact) mass is 375 g/mol. The Bertz CT molecular complexity index is 877. The highest BCUT2D eigenvalue weighted by atomic mass is 35.5. The van der Waals surface area contributed by atoms with Crippen LogP contribution in [0.4, 0.5) is 16.2 Å². The lowest BCUT2D eigenvalue weighted by atomic mass is 10.1. The Morgan fingerprint density at radius 3 is 2.96 bits per heavy atom. The third-order valence-corrected chi connectivity index (χ3v) is 4.72. The summed E-state index contributed by atoms with van der Waals surface area (Å²) in [7, 11) is 1.91. The molecular weight excluding hydrogens is 358 g/mol. The molecule has 26 heavy (non-hydrogen) atoms. The minimum Gasteiger partial charge on any atom is -0.480 e. The third kappa shape index (κ3) is 3.32. The molecule has 0 unspecified atom stereocenters. The Hall–Kier alpha value is -2.74. The van der Waals surface area contributed by atoms with E-state index in [1.165, 1.54) is 0 Å². The number of hydrogen-bond donors (Lipinski definition) is 3. The van der Waals surface area contributed by atoms with E-state index in [2.05, 4.69) is 20.9 Å². The highest BCUT2D eigenvalue weighted by Crippen LogP contribution is 2.41. The Balaban J connectivity index is 1.49. The molecule has 0 radical (unpaired) electrons. The van der Waals surface area contributed by atoms with E-state index < -0.39 is 0 Å². The highest BCUT2D eigenvalue weighted by molar-refractivity contribution is 6.33. The predicted octanol–water partition coefficient (Wildman–Crippen LogP) is 2.68. The summed E-state index contributed by atoms with van der Waals surface area (Å²) in [6.45, 7) is -0.0767. The Labute approximate surface area is 154 Å². The molecule has 1 aliphatic carbocycles. The van der Waals surface area contributed by atoms with Crippen LogP contribution < -0.4 is 20.7 Å². The molecule has 136 valence electrons. The van der Waals surface area contributed by atoms with Crippen LogP contribution in [0.2, 0.25) is 5.02 Å². The molecule has 1 aromatic heterocycles. The van der Waals surface area contributed by atoms with Gasteiger partial charge < -0.3 is 25.3 Å². The summed E-state index contributed by atoms with van der Waals surface area (Å²) < 4.78 is 7.22. The lowest BCUT2D eigenvalue weighted by Crippen LogP contribution is -2.35. The van der Waals surface area contributed by atoms with Gasteiger partial charge in [0.1, 0.15) is 5.82 Å². The van der Waals surface area contributed by atoms with Gasteiger partial charge >= 0.3 is 6.03 Å². The number of imidazole rings is 1. The number of carbonyl (C=O) groups is 2. The van der Waals surface area contributed by atoms with E-state index in [1.807, 2.05) is 17.8 Å². The molecule has 0 saturated heterocycles. The molecule has 2 heterocycles. The van der Waals surface area contributed by atoms with Crippen molar-refractivity contribution >= 4 is 34.9 Å². The van der Waals surface area contributed by atoms with Crippen LogP contribution >= 0.6 is 11.6 Å². The lowest BCUT2D eigenvalue weighted by Gasteiger charge is -2.21. The van der Waals surface area contributed by atoms with Gasteiger partial charge in [-0.05, 0) is 30.9 Å². The number of halogens is 1. The summed E-state index contributed by atoms with van der Waals surface area (Å²) in [6.07, 6.45) is 5.70. The molecule has 1 fully saturated rings. The molecule has 9 heteroatoms. The third-order valence-electron chi connectivity index (χ3n) is 4.44. The van der Waals surface area contributed by atoms with Gasteiger partial charge in [0.05, 0.1) is 16.8 Å². The molecule has 3 N–H and O–H groups in total. The van der Waals surface area contributed by atoms with Crippen molar-refractivity contribution in [3.8, 4) is 5.75 Å². The number of carbonyl (C=O) groups excluding carboxylic acids is 2. The van der Waals surface area contributed by atoms with Gasteiger partial charge in [0, 0.05) is 25.1 Å². The summed E-state index contributed by atoms with van der Waals surface area (Å²) in [5.74, 6) is 1.35. The maximum Gasteiger partial charge on any atom is 0.319 e. The van der Waals surface area contributed by atoms with E-state index in [-0.39, 0.29) is 24.6 Å². The number of anilines is 2. The number of ether oxygens (including phenoxy) is 1. The average Bonchev–Trinajstić information content (AvgIpc) is 3.34. The van der Waals surface area contributed by atoms with Crippen molar-refractivity contribution in [1.82, 2.24) is 14.9 Å². The second kappa shape index (κ2) is 6.53. The Morgan fingerprint density at radius 1 is 1.46 bits per heavy atom. The molecule has 8 nitrogen and oxygen atoms in total. The van der Waals surface area contributed by atoms with Gasteiger partial charge in [-0.1, -0.05) is 11.6 Å². The first-order chi connectivity index (χ1) is 12.5. The van der Waals surface area contributed by atoms with Crippen LogP contribution in [0.1, 0.15) is 24.7 Å². The van der Waals surface area contributed by atoms with Crippen LogP contribution in [0, 0.1) is 5.92 Å². The minimum atomic E-state index is -0.357. The zero-order valence-corrected chi connectivity index (χ0v) is 14.8. The Morgan fingerprint density at radius 2 is 2.27 bits per heavy atom. The maximum absolute atomic E-state index is 12.5. The van der Waals surface area contributed by atoms with Gasteiger partial charge in [-0.15, -0.1) is 0 Å². The van der Waals surface area contributed by atoms with E-state index in [4.69, 9.17) is 16.3 Å². The number of hydrogen-bond acceptors (Lipinski definition) is 4. The lowest BCUT2D eigenvalue weighted by molar-refractivity contribution is -0.118. The summed E-state index contributed by atoms with van der Waals surface area (Å²) in [5, 5.41) is 8.75. The van der Waals surface area contributed by atoms with Crippen LogP contribution in [0.15, 0.2) is 24.5 Å². The van der Waals surface area contributed by atoms with Crippen LogP contribution in [0.25, 0.3) is 0 Å². The molecular formula is C17H18ClN5O3. The summed E-state index contributed by atoms with van der Waals surface area (Å²) >= 11 is 6.19. The van der Waals surface area contributed by atoms with Gasteiger partial charge in [-0.2, -0.15) is 0 Å². The quantitative estimate of drug-likeness (QED) is 0.765. The van der Waals surface area contributed by atoms with Crippen molar-refractivity contribution in [3.63, 3.8) is 0 Å². The van der Waals surface area contributed by atoms with Crippen LogP contribution in [-0.4, -0.2) is 28.1 Å². The summed E-state index contributed by atoms with van der Waals surface area (Å²) in [6, 6.07) is 2.70. The number of benzene rings is 1. The minimum absolute atomic E-state index is 0.0767. The topological polar surface area (TPSA) is 97.3 Å². The second-order valence-electron chi connectivity index (χ2n) is 6.48. The number of nitrogens with one attached hydrogen (secondary N) is 3. The van der Waals surface area contributed by atoms with Gasteiger partial charge in [-0.3, -0.25) is 4.79 Å². The number of aryl methyl sites for hydroxylation is 1. The average molecular weight is 376 g/mol. The highest BCUT2D eigenvalue weighted by Gasteiger charge is 2.35. The first-order valence-electron chi connectivity index (χ1n) is 8.32. The molecule has 2 aromatic rings. The van der Waals surface area contributed by atoms with E-state index in [9.17, 15) is 9.59 Å². The van der Waals surface area contributed by atoms with Crippen LogP contribution in [0.3, 0.4) is 0 Å². The van der Waals surface area contributed by atoms with Crippen molar-refractivity contribution in [2.45, 2.75) is 18.9 Å². The smallest absolute Gasteiger partial charge is 0.319 e. The van der Waals surface area contributed by atoms with Gasteiger partial charge in [0.2, 0.25) is 0 Å². The molecule has 1 aliphatic heterocycles. The van der Waals surface area contributed by atoms with E-state index in [0.717, 1.165) is 18.7 Å². The summed E-state index contributed by atoms with van der Waals surface area (Å²) in [5.41, 5.74) is 0.901. The normalized spacial score (nSPS) is 16.9. The molecule has 4 rings (SSSR count). The first kappa shape index (κ1) is 16.7. The van der Waals surface area contributed by atoms with Crippen molar-refractivity contribution in [1.29, 1.82) is 0 Å². The standard InChI is InChI=1S/C17H18ClN5O3/c1-23-5-4-19-16(23)14(9-2-3-9)22-17(25)20-10-6-11(18)15-12(7-10)21-13(24)8-26-15/h4-7,9,14H,2-3,8H2,1H3,(H,21,24)(H2,20,22,25)/t14-/m1/s1. The Kier molecular flexibility index (Phi) is 4.20. The zero-order chi connectivity index (χ0) is 18.3. The van der Waals surface area contributed by atoms with Crippen molar-refractivity contribution < 1.29 is 14.3 Å². The molecule has 1 saturated carbocycles. The van der Waals surface area contributed by atoms with E-state index >= 15 is 0 Å². The molecule has 2 aliphatic rings. The molecule has 0 spiro atoms.